The predicted octanol–water partition coefficient (Wildman–Crippen LogP) is 0.772. The Morgan fingerprint density at radius 3 is 2.67 bits per heavy atom. The largest absolute Gasteiger partial charge is 0.480 e. The predicted molar refractivity (Wildman–Crippen MR) is 79.3 cm³/mol. The number of hydrogen-bond donors (Lipinski definition) is 2. The number of hydrogen-bond acceptors (Lipinski definition) is 4. The molecule has 1 heterocycles. The first-order chi connectivity index (χ1) is 9.83. The number of aromatic nitrogens is 2. The van der Waals surface area contributed by atoms with E-state index in [2.05, 4.69) is 10.4 Å². The van der Waals surface area contributed by atoms with Crippen LogP contribution in [0.25, 0.3) is 0 Å². The number of anilines is 1. The van der Waals surface area contributed by atoms with Crippen molar-refractivity contribution >= 4 is 17.7 Å². The minimum Gasteiger partial charge on any atom is -0.480 e. The first-order valence-electron chi connectivity index (χ1n) is 6.80. The Balaban J connectivity index is 2.65. The van der Waals surface area contributed by atoms with Gasteiger partial charge < -0.3 is 20.2 Å². The Morgan fingerprint density at radius 1 is 1.48 bits per heavy atom. The summed E-state index contributed by atoms with van der Waals surface area (Å²) >= 11 is 0. The van der Waals surface area contributed by atoms with Gasteiger partial charge in [-0.3, -0.25) is 9.48 Å². The van der Waals surface area contributed by atoms with Gasteiger partial charge in [-0.2, -0.15) is 5.10 Å². The first-order valence-corrected chi connectivity index (χ1v) is 6.80. The van der Waals surface area contributed by atoms with Crippen LogP contribution in [0.1, 0.15) is 13.8 Å². The van der Waals surface area contributed by atoms with Crippen LogP contribution in [-0.4, -0.2) is 69.9 Å². The molecule has 2 N–H and O–H groups in total. The van der Waals surface area contributed by atoms with Gasteiger partial charge in [0.15, 0.2) is 0 Å². The van der Waals surface area contributed by atoms with Crippen molar-refractivity contribution in [1.82, 2.24) is 19.6 Å². The number of rotatable bonds is 7. The van der Waals surface area contributed by atoms with E-state index in [9.17, 15) is 9.59 Å². The Bertz CT molecular complexity index is 486. The third-order valence-electron chi connectivity index (χ3n) is 2.94. The third kappa shape index (κ3) is 5.42. The van der Waals surface area contributed by atoms with Crippen LogP contribution in [0, 0.1) is 0 Å². The van der Waals surface area contributed by atoms with E-state index >= 15 is 0 Å². The standard InChI is InChI=1S/C13H23N5O3/c1-5-18(10(2)7-16(3)4)13(21)15-11-6-14-17(8-11)9-12(19)20/h6,8,10H,5,7,9H2,1-4H3,(H,15,21)(H,19,20). The Hall–Kier alpha value is -2.09. The van der Waals surface area contributed by atoms with Crippen LogP contribution >= 0.6 is 0 Å². The van der Waals surface area contributed by atoms with Crippen LogP contribution in [-0.2, 0) is 11.3 Å². The number of likely N-dealkylation sites (N-methyl/N-ethyl adjacent to an activating group) is 2. The maximum atomic E-state index is 12.2. The second-order valence-electron chi connectivity index (χ2n) is 5.15. The van der Waals surface area contributed by atoms with Crippen molar-refractivity contribution in [2.24, 2.45) is 0 Å². The summed E-state index contributed by atoms with van der Waals surface area (Å²) in [6, 6.07) is -0.152. The van der Waals surface area contributed by atoms with Gasteiger partial charge in [-0.15, -0.1) is 0 Å². The van der Waals surface area contributed by atoms with Crippen molar-refractivity contribution in [2.45, 2.75) is 26.4 Å². The minimum atomic E-state index is -0.981. The van der Waals surface area contributed by atoms with Crippen LogP contribution in [0.15, 0.2) is 12.4 Å². The highest BCUT2D eigenvalue weighted by molar-refractivity contribution is 5.89. The summed E-state index contributed by atoms with van der Waals surface area (Å²) in [6.45, 7) is 5.02. The Morgan fingerprint density at radius 2 is 2.14 bits per heavy atom. The molecule has 0 radical (unpaired) electrons. The van der Waals surface area contributed by atoms with Gasteiger partial charge in [0.2, 0.25) is 0 Å². The molecule has 1 atom stereocenters. The molecular weight excluding hydrogens is 274 g/mol. The molecule has 0 aliphatic heterocycles. The van der Waals surface area contributed by atoms with E-state index in [-0.39, 0.29) is 18.6 Å². The molecule has 1 aromatic rings. The van der Waals surface area contributed by atoms with Gasteiger partial charge in [-0.05, 0) is 27.9 Å². The molecule has 1 rings (SSSR count). The Labute approximate surface area is 124 Å². The van der Waals surface area contributed by atoms with Crippen LogP contribution in [0.2, 0.25) is 0 Å². The fourth-order valence-corrected chi connectivity index (χ4v) is 2.13. The zero-order valence-corrected chi connectivity index (χ0v) is 12.9. The number of aliphatic carboxylic acids is 1. The van der Waals surface area contributed by atoms with E-state index in [1.807, 2.05) is 32.8 Å². The van der Waals surface area contributed by atoms with Crippen molar-refractivity contribution in [1.29, 1.82) is 0 Å². The molecule has 21 heavy (non-hydrogen) atoms. The summed E-state index contributed by atoms with van der Waals surface area (Å²) in [5.41, 5.74) is 0.483. The highest BCUT2D eigenvalue weighted by Gasteiger charge is 2.19. The molecule has 0 aliphatic carbocycles. The van der Waals surface area contributed by atoms with E-state index in [0.717, 1.165) is 6.54 Å². The molecule has 2 amide bonds. The molecule has 8 heteroatoms. The normalized spacial score (nSPS) is 12.2. The summed E-state index contributed by atoms with van der Waals surface area (Å²) in [7, 11) is 3.91. The van der Waals surface area contributed by atoms with Crippen molar-refractivity contribution in [2.75, 3.05) is 32.5 Å². The quantitative estimate of drug-likeness (QED) is 0.776. The number of nitrogens with one attached hydrogen (secondary N) is 1. The lowest BCUT2D eigenvalue weighted by Crippen LogP contribution is -2.45. The van der Waals surface area contributed by atoms with Crippen molar-refractivity contribution < 1.29 is 14.7 Å². The van der Waals surface area contributed by atoms with E-state index in [1.54, 1.807) is 4.90 Å². The van der Waals surface area contributed by atoms with Gasteiger partial charge in [0.25, 0.3) is 0 Å². The summed E-state index contributed by atoms with van der Waals surface area (Å²) in [6.07, 6.45) is 2.93. The second kappa shape index (κ2) is 7.63. The van der Waals surface area contributed by atoms with E-state index in [4.69, 9.17) is 5.11 Å². The van der Waals surface area contributed by atoms with Gasteiger partial charge in [0.1, 0.15) is 6.54 Å². The fraction of sp³-hybridized carbons (Fsp3) is 0.615. The molecule has 0 saturated carbocycles. The topological polar surface area (TPSA) is 90.7 Å². The first kappa shape index (κ1) is 17.0. The summed E-state index contributed by atoms with van der Waals surface area (Å²) in [5, 5.41) is 15.3. The SMILES string of the molecule is CCN(C(=O)Nc1cnn(CC(=O)O)c1)C(C)CN(C)C. The Kier molecular flexibility index (Phi) is 6.16. The number of carbonyl (C=O) groups excluding carboxylic acids is 1. The zero-order chi connectivity index (χ0) is 16.0. The van der Waals surface area contributed by atoms with Gasteiger partial charge in [0.05, 0.1) is 11.9 Å². The fourth-order valence-electron chi connectivity index (χ4n) is 2.13. The number of nitrogens with zero attached hydrogens (tertiary/aromatic N) is 4. The minimum absolute atomic E-state index is 0.0686. The molecule has 0 aliphatic rings. The molecule has 0 saturated heterocycles. The summed E-state index contributed by atoms with van der Waals surface area (Å²) in [4.78, 5) is 26.6. The maximum Gasteiger partial charge on any atom is 0.325 e. The van der Waals surface area contributed by atoms with E-state index < -0.39 is 5.97 Å². The monoisotopic (exact) mass is 297 g/mol. The molecule has 0 aromatic carbocycles. The van der Waals surface area contributed by atoms with Gasteiger partial charge >= 0.3 is 12.0 Å². The van der Waals surface area contributed by atoms with Gasteiger partial charge in [0, 0.05) is 25.3 Å². The van der Waals surface area contributed by atoms with Crippen LogP contribution < -0.4 is 5.32 Å². The molecule has 118 valence electrons. The second-order valence-corrected chi connectivity index (χ2v) is 5.15. The van der Waals surface area contributed by atoms with E-state index in [0.29, 0.717) is 12.2 Å². The lowest BCUT2D eigenvalue weighted by Gasteiger charge is -2.29. The molecule has 1 aromatic heterocycles. The zero-order valence-electron chi connectivity index (χ0n) is 12.9. The van der Waals surface area contributed by atoms with Crippen molar-refractivity contribution in [3.63, 3.8) is 0 Å². The van der Waals surface area contributed by atoms with Crippen molar-refractivity contribution in [3.8, 4) is 0 Å². The van der Waals surface area contributed by atoms with Gasteiger partial charge in [-0.1, -0.05) is 0 Å². The van der Waals surface area contributed by atoms with Crippen LogP contribution in [0.5, 0.6) is 0 Å². The lowest BCUT2D eigenvalue weighted by molar-refractivity contribution is -0.137. The number of carboxylic acids is 1. The summed E-state index contributed by atoms with van der Waals surface area (Å²) in [5.74, 6) is -0.981. The molecule has 8 nitrogen and oxygen atoms in total. The maximum absolute atomic E-state index is 12.2. The molecule has 0 bridgehead atoms. The average molecular weight is 297 g/mol. The molecular formula is C13H23N5O3. The van der Waals surface area contributed by atoms with Crippen molar-refractivity contribution in [3.05, 3.63) is 12.4 Å². The third-order valence-corrected chi connectivity index (χ3v) is 2.94. The number of urea groups is 1. The number of amides is 2. The number of carboxylic acid groups (broad SMARTS) is 1. The highest BCUT2D eigenvalue weighted by Crippen LogP contribution is 2.09. The summed E-state index contributed by atoms with van der Waals surface area (Å²) < 4.78 is 1.26. The molecule has 1 unspecified atom stereocenters. The smallest absolute Gasteiger partial charge is 0.325 e. The van der Waals surface area contributed by atoms with Gasteiger partial charge in [-0.25, -0.2) is 4.79 Å². The van der Waals surface area contributed by atoms with Crippen LogP contribution in [0.3, 0.4) is 0 Å². The average Bonchev–Trinajstić information content (AvgIpc) is 2.75. The molecule has 0 spiro atoms. The van der Waals surface area contributed by atoms with E-state index in [1.165, 1.54) is 17.1 Å². The lowest BCUT2D eigenvalue weighted by atomic mass is 10.3. The number of carbonyl (C=O) groups is 2. The highest BCUT2D eigenvalue weighted by atomic mass is 16.4. The molecule has 0 fully saturated rings. The van der Waals surface area contributed by atoms with Crippen LogP contribution in [0.4, 0.5) is 10.5 Å².